The van der Waals surface area contributed by atoms with Crippen LogP contribution in [0.2, 0.25) is 5.02 Å². The number of hydrogen-bond acceptors (Lipinski definition) is 3. The smallest absolute Gasteiger partial charge is 0.128 e. The number of benzene rings is 1. The fourth-order valence-electron chi connectivity index (χ4n) is 2.09. The van der Waals surface area contributed by atoms with E-state index in [0.717, 1.165) is 5.56 Å². The lowest BCUT2D eigenvalue weighted by Crippen LogP contribution is -2.20. The van der Waals surface area contributed by atoms with Crippen LogP contribution in [0.1, 0.15) is 22.9 Å². The first kappa shape index (κ1) is 15.0. The summed E-state index contributed by atoms with van der Waals surface area (Å²) in [5, 5.41) is 4.58. The summed E-state index contributed by atoms with van der Waals surface area (Å²) < 4.78 is 20.6. The van der Waals surface area contributed by atoms with Gasteiger partial charge in [-0.2, -0.15) is 5.10 Å². The first-order valence-electron chi connectivity index (χ1n) is 6.26. The number of methoxy groups -OCH3 is 1. The molecule has 20 heavy (non-hydrogen) atoms. The fraction of sp³-hybridized carbons (Fsp3) is 0.357. The van der Waals surface area contributed by atoms with Gasteiger partial charge in [0.2, 0.25) is 0 Å². The van der Waals surface area contributed by atoms with Gasteiger partial charge < -0.3 is 10.5 Å². The van der Waals surface area contributed by atoms with Crippen molar-refractivity contribution in [3.8, 4) is 0 Å². The standard InChI is InChI=1S/C14H17ClFN3O/c1-9-3-4-12(16)10(7-9)13(17)14-11(15)8-18-19(14)5-6-20-2/h3-4,7-8,13H,5-6,17H2,1-2H3. The van der Waals surface area contributed by atoms with Gasteiger partial charge in [-0.25, -0.2) is 4.39 Å². The summed E-state index contributed by atoms with van der Waals surface area (Å²) in [7, 11) is 1.60. The second-order valence-corrected chi connectivity index (χ2v) is 5.00. The van der Waals surface area contributed by atoms with E-state index < -0.39 is 6.04 Å². The van der Waals surface area contributed by atoms with Crippen LogP contribution in [0.4, 0.5) is 4.39 Å². The first-order valence-corrected chi connectivity index (χ1v) is 6.64. The number of ether oxygens (including phenoxy) is 1. The molecule has 1 unspecified atom stereocenters. The molecule has 108 valence electrons. The number of rotatable bonds is 5. The average molecular weight is 298 g/mol. The van der Waals surface area contributed by atoms with Crippen molar-refractivity contribution in [3.05, 3.63) is 52.1 Å². The monoisotopic (exact) mass is 297 g/mol. The Kier molecular flexibility index (Phi) is 4.75. The molecule has 2 rings (SSSR count). The van der Waals surface area contributed by atoms with E-state index in [-0.39, 0.29) is 5.82 Å². The van der Waals surface area contributed by atoms with Crippen molar-refractivity contribution >= 4 is 11.6 Å². The lowest BCUT2D eigenvalue weighted by molar-refractivity contribution is 0.182. The lowest BCUT2D eigenvalue weighted by Gasteiger charge is -2.16. The Morgan fingerprint density at radius 3 is 2.95 bits per heavy atom. The Morgan fingerprint density at radius 2 is 2.25 bits per heavy atom. The largest absolute Gasteiger partial charge is 0.383 e. The van der Waals surface area contributed by atoms with Gasteiger partial charge in [0.1, 0.15) is 5.82 Å². The molecule has 4 nitrogen and oxygen atoms in total. The predicted octanol–water partition coefficient (Wildman–Crippen LogP) is 2.68. The zero-order chi connectivity index (χ0) is 14.7. The summed E-state index contributed by atoms with van der Waals surface area (Å²) in [5.41, 5.74) is 8.12. The number of nitrogens with two attached hydrogens (primary N) is 1. The zero-order valence-corrected chi connectivity index (χ0v) is 12.2. The van der Waals surface area contributed by atoms with E-state index in [2.05, 4.69) is 5.10 Å². The highest BCUT2D eigenvalue weighted by Gasteiger charge is 2.21. The molecule has 0 saturated carbocycles. The summed E-state index contributed by atoms with van der Waals surface area (Å²) in [6, 6.07) is 4.18. The van der Waals surface area contributed by atoms with E-state index >= 15 is 0 Å². The highest BCUT2D eigenvalue weighted by atomic mass is 35.5. The van der Waals surface area contributed by atoms with Crippen LogP contribution in [-0.2, 0) is 11.3 Å². The summed E-state index contributed by atoms with van der Waals surface area (Å²) in [5.74, 6) is -0.348. The Hall–Kier alpha value is -1.43. The first-order chi connectivity index (χ1) is 9.54. The highest BCUT2D eigenvalue weighted by Crippen LogP contribution is 2.28. The third-order valence-electron chi connectivity index (χ3n) is 3.12. The molecule has 0 aliphatic rings. The molecule has 1 heterocycles. The van der Waals surface area contributed by atoms with Gasteiger partial charge in [-0.05, 0) is 13.0 Å². The van der Waals surface area contributed by atoms with Crippen molar-refractivity contribution in [1.82, 2.24) is 9.78 Å². The molecule has 0 fully saturated rings. The van der Waals surface area contributed by atoms with Gasteiger partial charge in [0.15, 0.2) is 0 Å². The van der Waals surface area contributed by atoms with Crippen LogP contribution < -0.4 is 5.73 Å². The van der Waals surface area contributed by atoms with Crippen LogP contribution in [-0.4, -0.2) is 23.5 Å². The molecule has 0 aliphatic heterocycles. The maximum Gasteiger partial charge on any atom is 0.128 e. The maximum absolute atomic E-state index is 13.9. The van der Waals surface area contributed by atoms with E-state index in [1.807, 2.05) is 6.92 Å². The number of hydrogen-bond donors (Lipinski definition) is 1. The Morgan fingerprint density at radius 1 is 1.50 bits per heavy atom. The molecule has 6 heteroatoms. The van der Waals surface area contributed by atoms with Crippen molar-refractivity contribution in [2.45, 2.75) is 19.5 Å². The maximum atomic E-state index is 13.9. The summed E-state index contributed by atoms with van der Waals surface area (Å²) in [6.07, 6.45) is 1.51. The quantitative estimate of drug-likeness (QED) is 0.923. The summed E-state index contributed by atoms with van der Waals surface area (Å²) >= 11 is 6.13. The van der Waals surface area contributed by atoms with E-state index in [9.17, 15) is 4.39 Å². The van der Waals surface area contributed by atoms with Crippen molar-refractivity contribution in [1.29, 1.82) is 0 Å². The molecule has 0 radical (unpaired) electrons. The van der Waals surface area contributed by atoms with Gasteiger partial charge in [-0.15, -0.1) is 0 Å². The van der Waals surface area contributed by atoms with Crippen molar-refractivity contribution in [2.75, 3.05) is 13.7 Å². The number of aromatic nitrogens is 2. The van der Waals surface area contributed by atoms with Crippen LogP contribution in [0.3, 0.4) is 0 Å². The SMILES string of the molecule is COCCn1ncc(Cl)c1C(N)c1cc(C)ccc1F. The lowest BCUT2D eigenvalue weighted by atomic mass is 10.0. The number of aryl methyl sites for hydroxylation is 1. The van der Waals surface area contributed by atoms with Gasteiger partial charge >= 0.3 is 0 Å². The van der Waals surface area contributed by atoms with Crippen LogP contribution in [0.15, 0.2) is 24.4 Å². The van der Waals surface area contributed by atoms with E-state index in [0.29, 0.717) is 29.4 Å². The molecule has 1 atom stereocenters. The molecule has 0 amide bonds. The average Bonchev–Trinajstić information content (AvgIpc) is 2.79. The van der Waals surface area contributed by atoms with Crippen LogP contribution in [0.5, 0.6) is 0 Å². The minimum Gasteiger partial charge on any atom is -0.383 e. The highest BCUT2D eigenvalue weighted by molar-refractivity contribution is 6.31. The molecule has 2 aromatic rings. The molecule has 0 spiro atoms. The molecule has 1 aromatic carbocycles. The molecule has 2 N–H and O–H groups in total. The van der Waals surface area contributed by atoms with Crippen LogP contribution in [0, 0.1) is 12.7 Å². The minimum absolute atomic E-state index is 0.348. The molecule has 0 aliphatic carbocycles. The van der Waals surface area contributed by atoms with Crippen LogP contribution >= 0.6 is 11.6 Å². The second-order valence-electron chi connectivity index (χ2n) is 4.60. The molecule has 1 aromatic heterocycles. The van der Waals surface area contributed by atoms with Crippen molar-refractivity contribution in [3.63, 3.8) is 0 Å². The summed E-state index contributed by atoms with van der Waals surface area (Å²) in [4.78, 5) is 0. The third-order valence-corrected chi connectivity index (χ3v) is 3.41. The molecule has 0 saturated heterocycles. The van der Waals surface area contributed by atoms with Gasteiger partial charge in [0.25, 0.3) is 0 Å². The number of nitrogens with zero attached hydrogens (tertiary/aromatic N) is 2. The van der Waals surface area contributed by atoms with Gasteiger partial charge in [0.05, 0.1) is 36.1 Å². The Bertz CT molecular complexity index is 600. The van der Waals surface area contributed by atoms with E-state index in [1.165, 1.54) is 12.3 Å². The third kappa shape index (κ3) is 3.00. The van der Waals surface area contributed by atoms with Crippen molar-refractivity contribution < 1.29 is 9.13 Å². The van der Waals surface area contributed by atoms with Gasteiger partial charge in [0, 0.05) is 12.7 Å². The van der Waals surface area contributed by atoms with Crippen molar-refractivity contribution in [2.24, 2.45) is 5.73 Å². The second kappa shape index (κ2) is 6.35. The predicted molar refractivity (Wildman–Crippen MR) is 76.3 cm³/mol. The molecule has 0 bridgehead atoms. The number of halogens is 2. The van der Waals surface area contributed by atoms with Gasteiger partial charge in [-0.1, -0.05) is 29.3 Å². The Labute approximate surface area is 122 Å². The topological polar surface area (TPSA) is 53.1 Å². The normalized spacial score (nSPS) is 12.7. The van der Waals surface area contributed by atoms with Crippen LogP contribution in [0.25, 0.3) is 0 Å². The molecular formula is C14H17ClFN3O. The minimum atomic E-state index is -0.665. The van der Waals surface area contributed by atoms with Gasteiger partial charge in [-0.3, -0.25) is 4.68 Å². The van der Waals surface area contributed by atoms with E-state index in [4.69, 9.17) is 22.1 Å². The summed E-state index contributed by atoms with van der Waals surface area (Å²) in [6.45, 7) is 2.88. The molecular weight excluding hydrogens is 281 g/mol. The fourth-order valence-corrected chi connectivity index (χ4v) is 2.34. The van der Waals surface area contributed by atoms with E-state index in [1.54, 1.807) is 23.9 Å². The zero-order valence-electron chi connectivity index (χ0n) is 11.4. The Balaban J connectivity index is 2.39.